The SMILES string of the molecule is NC(Cc1cc(F)cc(F)c1)c1cccc(Cl)c1Cl. The summed E-state index contributed by atoms with van der Waals surface area (Å²) in [4.78, 5) is 0. The van der Waals surface area contributed by atoms with Crippen LogP contribution in [0.15, 0.2) is 36.4 Å². The monoisotopic (exact) mass is 301 g/mol. The molecule has 1 nitrogen and oxygen atoms in total. The Morgan fingerprint density at radius 3 is 2.32 bits per heavy atom. The molecule has 0 aromatic heterocycles. The standard InChI is InChI=1S/C14H11Cl2F2N/c15-12-3-1-2-11(14(12)16)13(19)6-8-4-9(17)7-10(18)5-8/h1-5,7,13H,6,19H2. The fraction of sp³-hybridized carbons (Fsp3) is 0.143. The second kappa shape index (κ2) is 5.87. The quantitative estimate of drug-likeness (QED) is 0.886. The fourth-order valence-corrected chi connectivity index (χ4v) is 2.35. The largest absolute Gasteiger partial charge is 0.324 e. The predicted octanol–water partition coefficient (Wildman–Crippen LogP) is 4.51. The van der Waals surface area contributed by atoms with E-state index >= 15 is 0 Å². The molecule has 0 aliphatic rings. The van der Waals surface area contributed by atoms with Crippen LogP contribution in [0.4, 0.5) is 8.78 Å². The van der Waals surface area contributed by atoms with Crippen LogP contribution >= 0.6 is 23.2 Å². The lowest BCUT2D eigenvalue weighted by atomic mass is 9.99. The highest BCUT2D eigenvalue weighted by atomic mass is 35.5. The van der Waals surface area contributed by atoms with Crippen LogP contribution in [-0.2, 0) is 6.42 Å². The molecule has 0 saturated heterocycles. The third kappa shape index (κ3) is 3.44. The second-order valence-corrected chi connectivity index (χ2v) is 5.02. The molecule has 19 heavy (non-hydrogen) atoms. The summed E-state index contributed by atoms with van der Waals surface area (Å²) in [5.41, 5.74) is 7.13. The summed E-state index contributed by atoms with van der Waals surface area (Å²) in [5.74, 6) is -1.25. The topological polar surface area (TPSA) is 26.0 Å². The van der Waals surface area contributed by atoms with Crippen LogP contribution in [-0.4, -0.2) is 0 Å². The summed E-state index contributed by atoms with van der Waals surface area (Å²) in [7, 11) is 0. The van der Waals surface area contributed by atoms with E-state index in [1.165, 1.54) is 12.1 Å². The van der Waals surface area contributed by atoms with E-state index < -0.39 is 17.7 Å². The minimum absolute atomic E-state index is 0.273. The van der Waals surface area contributed by atoms with E-state index in [4.69, 9.17) is 28.9 Å². The number of halogens is 4. The van der Waals surface area contributed by atoms with E-state index in [0.29, 0.717) is 21.2 Å². The second-order valence-electron chi connectivity index (χ2n) is 4.23. The van der Waals surface area contributed by atoms with Crippen molar-refractivity contribution in [1.82, 2.24) is 0 Å². The molecule has 0 aliphatic heterocycles. The van der Waals surface area contributed by atoms with Gasteiger partial charge in [-0.1, -0.05) is 35.3 Å². The van der Waals surface area contributed by atoms with Crippen molar-refractivity contribution >= 4 is 23.2 Å². The Kier molecular flexibility index (Phi) is 4.40. The summed E-state index contributed by atoms with van der Waals surface area (Å²) in [5, 5.41) is 0.772. The average molecular weight is 302 g/mol. The Bertz CT molecular complexity index is 582. The van der Waals surface area contributed by atoms with Gasteiger partial charge >= 0.3 is 0 Å². The number of nitrogens with two attached hydrogens (primary N) is 1. The maximum atomic E-state index is 13.1. The molecule has 2 aromatic rings. The van der Waals surface area contributed by atoms with Crippen molar-refractivity contribution in [3.05, 3.63) is 69.2 Å². The van der Waals surface area contributed by atoms with Gasteiger partial charge in [0.1, 0.15) is 11.6 Å². The maximum absolute atomic E-state index is 13.1. The minimum Gasteiger partial charge on any atom is -0.324 e. The van der Waals surface area contributed by atoms with Crippen LogP contribution in [0.25, 0.3) is 0 Å². The van der Waals surface area contributed by atoms with Crippen molar-refractivity contribution < 1.29 is 8.78 Å². The first kappa shape index (κ1) is 14.3. The molecule has 0 saturated carbocycles. The first-order valence-corrected chi connectivity index (χ1v) is 6.37. The highest BCUT2D eigenvalue weighted by Crippen LogP contribution is 2.30. The van der Waals surface area contributed by atoms with E-state index in [9.17, 15) is 8.78 Å². The molecule has 0 amide bonds. The molecule has 2 N–H and O–H groups in total. The molecular weight excluding hydrogens is 291 g/mol. The number of benzene rings is 2. The zero-order chi connectivity index (χ0) is 14.0. The van der Waals surface area contributed by atoms with Gasteiger partial charge in [0.05, 0.1) is 10.0 Å². The van der Waals surface area contributed by atoms with E-state index in [0.717, 1.165) is 6.07 Å². The number of hydrogen-bond donors (Lipinski definition) is 1. The van der Waals surface area contributed by atoms with Crippen LogP contribution in [0.3, 0.4) is 0 Å². The van der Waals surface area contributed by atoms with Crippen molar-refractivity contribution in [3.8, 4) is 0 Å². The molecule has 100 valence electrons. The Balaban J connectivity index is 2.25. The molecule has 0 bridgehead atoms. The van der Waals surface area contributed by atoms with Crippen molar-refractivity contribution in [2.45, 2.75) is 12.5 Å². The maximum Gasteiger partial charge on any atom is 0.126 e. The summed E-state index contributed by atoms with van der Waals surface area (Å²) in [6.07, 6.45) is 0.273. The van der Waals surface area contributed by atoms with Crippen molar-refractivity contribution in [2.75, 3.05) is 0 Å². The van der Waals surface area contributed by atoms with Gasteiger partial charge in [0.15, 0.2) is 0 Å². The smallest absolute Gasteiger partial charge is 0.126 e. The van der Waals surface area contributed by atoms with E-state index in [1.54, 1.807) is 18.2 Å². The van der Waals surface area contributed by atoms with Crippen LogP contribution in [0.5, 0.6) is 0 Å². The van der Waals surface area contributed by atoms with Crippen LogP contribution in [0.2, 0.25) is 10.0 Å². The summed E-state index contributed by atoms with van der Waals surface area (Å²) < 4.78 is 26.2. The molecule has 0 spiro atoms. The molecule has 0 fully saturated rings. The lowest BCUT2D eigenvalue weighted by Gasteiger charge is -2.14. The molecule has 2 aromatic carbocycles. The molecule has 0 heterocycles. The number of hydrogen-bond acceptors (Lipinski definition) is 1. The first-order valence-electron chi connectivity index (χ1n) is 5.62. The van der Waals surface area contributed by atoms with Gasteiger partial charge in [0.25, 0.3) is 0 Å². The zero-order valence-corrected chi connectivity index (χ0v) is 11.3. The van der Waals surface area contributed by atoms with Gasteiger partial charge in [-0.2, -0.15) is 0 Å². The fourth-order valence-electron chi connectivity index (χ4n) is 1.90. The van der Waals surface area contributed by atoms with Gasteiger partial charge in [-0.3, -0.25) is 0 Å². The minimum atomic E-state index is -0.626. The normalized spacial score (nSPS) is 12.5. The van der Waals surface area contributed by atoms with Gasteiger partial charge < -0.3 is 5.73 Å². The Hall–Kier alpha value is -1.16. The Morgan fingerprint density at radius 2 is 1.68 bits per heavy atom. The van der Waals surface area contributed by atoms with E-state index in [1.807, 2.05) is 0 Å². The third-order valence-electron chi connectivity index (χ3n) is 2.76. The van der Waals surface area contributed by atoms with Crippen molar-refractivity contribution in [2.24, 2.45) is 5.73 Å². The van der Waals surface area contributed by atoms with Gasteiger partial charge in [-0.15, -0.1) is 0 Å². The third-order valence-corrected chi connectivity index (χ3v) is 3.59. The highest BCUT2D eigenvalue weighted by Gasteiger charge is 2.14. The summed E-state index contributed by atoms with van der Waals surface area (Å²) >= 11 is 12.0. The van der Waals surface area contributed by atoms with Crippen molar-refractivity contribution in [1.29, 1.82) is 0 Å². The Labute approximate surface area is 119 Å². The lowest BCUT2D eigenvalue weighted by Crippen LogP contribution is -2.14. The van der Waals surface area contributed by atoms with Gasteiger partial charge in [0, 0.05) is 12.1 Å². The van der Waals surface area contributed by atoms with Crippen molar-refractivity contribution in [3.63, 3.8) is 0 Å². The molecular formula is C14H11Cl2F2N. The van der Waals surface area contributed by atoms with Gasteiger partial charge in [-0.05, 0) is 35.7 Å². The predicted molar refractivity (Wildman–Crippen MR) is 73.5 cm³/mol. The molecule has 1 unspecified atom stereocenters. The van der Waals surface area contributed by atoms with Gasteiger partial charge in [0.2, 0.25) is 0 Å². The summed E-state index contributed by atoms with van der Waals surface area (Å²) in [6, 6.07) is 7.98. The molecule has 0 aliphatic carbocycles. The van der Waals surface area contributed by atoms with Crippen LogP contribution in [0, 0.1) is 11.6 Å². The molecule has 2 rings (SSSR count). The average Bonchev–Trinajstić information content (AvgIpc) is 2.31. The molecule has 0 radical (unpaired) electrons. The van der Waals surface area contributed by atoms with Gasteiger partial charge in [-0.25, -0.2) is 8.78 Å². The molecule has 1 atom stereocenters. The lowest BCUT2D eigenvalue weighted by molar-refractivity contribution is 0.576. The van der Waals surface area contributed by atoms with E-state index in [-0.39, 0.29) is 6.42 Å². The summed E-state index contributed by atoms with van der Waals surface area (Å²) in [6.45, 7) is 0. The Morgan fingerprint density at radius 1 is 1.05 bits per heavy atom. The van der Waals surface area contributed by atoms with E-state index in [2.05, 4.69) is 0 Å². The van der Waals surface area contributed by atoms with Crippen LogP contribution in [0.1, 0.15) is 17.2 Å². The molecule has 5 heteroatoms. The van der Waals surface area contributed by atoms with Crippen LogP contribution < -0.4 is 5.73 Å². The number of rotatable bonds is 3. The highest BCUT2D eigenvalue weighted by molar-refractivity contribution is 6.42. The first-order chi connectivity index (χ1) is 8.97. The zero-order valence-electron chi connectivity index (χ0n) is 9.84.